The van der Waals surface area contributed by atoms with Crippen LogP contribution in [-0.2, 0) is 4.79 Å². The van der Waals surface area contributed by atoms with E-state index >= 15 is 0 Å². The first-order valence-corrected chi connectivity index (χ1v) is 9.58. The van der Waals surface area contributed by atoms with Crippen molar-refractivity contribution < 1.29 is 9.59 Å². The van der Waals surface area contributed by atoms with Crippen molar-refractivity contribution >= 4 is 29.1 Å². The Hall–Kier alpha value is -2.73. The van der Waals surface area contributed by atoms with Gasteiger partial charge in [-0.1, -0.05) is 55.3 Å². The van der Waals surface area contributed by atoms with Crippen LogP contribution in [0.5, 0.6) is 0 Å². The highest BCUT2D eigenvalue weighted by atomic mass is 32.1. The fourth-order valence-electron chi connectivity index (χ4n) is 3.32. The monoisotopic (exact) mass is 381 g/mol. The summed E-state index contributed by atoms with van der Waals surface area (Å²) in [7, 11) is 0. The van der Waals surface area contributed by atoms with Crippen LogP contribution in [0.15, 0.2) is 54.6 Å². The van der Waals surface area contributed by atoms with Crippen molar-refractivity contribution in [1.29, 1.82) is 0 Å². The number of hydrogen-bond donors (Lipinski definition) is 3. The van der Waals surface area contributed by atoms with Crippen LogP contribution in [0, 0.1) is 5.92 Å². The van der Waals surface area contributed by atoms with Gasteiger partial charge in [0.1, 0.15) is 0 Å². The fourth-order valence-corrected chi connectivity index (χ4v) is 3.48. The van der Waals surface area contributed by atoms with Gasteiger partial charge in [-0.05, 0) is 54.2 Å². The highest BCUT2D eigenvalue weighted by Gasteiger charge is 2.19. The first kappa shape index (κ1) is 19.0. The molecule has 0 spiro atoms. The molecule has 2 aromatic rings. The summed E-state index contributed by atoms with van der Waals surface area (Å²) in [6.07, 6.45) is 5.07. The Labute approximate surface area is 164 Å². The molecular formula is C21H23N3O2S. The lowest BCUT2D eigenvalue weighted by atomic mass is 10.0. The molecule has 2 amide bonds. The normalized spacial score (nSPS) is 13.8. The smallest absolute Gasteiger partial charge is 0.269 e. The minimum Gasteiger partial charge on any atom is -0.302 e. The van der Waals surface area contributed by atoms with E-state index in [-0.39, 0.29) is 16.9 Å². The number of carbonyl (C=O) groups excluding carboxylic acids is 2. The minimum absolute atomic E-state index is 0.104. The van der Waals surface area contributed by atoms with Crippen molar-refractivity contribution in [2.24, 2.45) is 5.92 Å². The standard InChI is InChI=1S/C21H23N3O2S/c25-19(14-15-6-4-5-7-15)22-21(27)24-23-20(26)18-12-10-17(11-13-18)16-8-2-1-3-9-16/h1-3,8-13,15H,4-7,14H2,(H,23,26)(H2,22,24,25,27). The van der Waals surface area contributed by atoms with Gasteiger partial charge in [-0.25, -0.2) is 0 Å². The second kappa shape index (κ2) is 9.28. The lowest BCUT2D eigenvalue weighted by Gasteiger charge is -2.13. The van der Waals surface area contributed by atoms with E-state index in [4.69, 9.17) is 12.2 Å². The second-order valence-corrected chi connectivity index (χ2v) is 7.16. The molecule has 5 nitrogen and oxygen atoms in total. The van der Waals surface area contributed by atoms with E-state index in [0.29, 0.717) is 17.9 Å². The maximum absolute atomic E-state index is 12.2. The highest BCUT2D eigenvalue weighted by Crippen LogP contribution is 2.27. The van der Waals surface area contributed by atoms with Crippen molar-refractivity contribution in [2.45, 2.75) is 32.1 Å². The van der Waals surface area contributed by atoms with Gasteiger partial charge in [-0.2, -0.15) is 0 Å². The van der Waals surface area contributed by atoms with E-state index in [9.17, 15) is 9.59 Å². The van der Waals surface area contributed by atoms with Crippen LogP contribution in [0.2, 0.25) is 0 Å². The van der Waals surface area contributed by atoms with Crippen LogP contribution >= 0.6 is 12.2 Å². The van der Waals surface area contributed by atoms with Crippen molar-refractivity contribution in [3.8, 4) is 11.1 Å². The van der Waals surface area contributed by atoms with Gasteiger partial charge in [0.2, 0.25) is 5.91 Å². The van der Waals surface area contributed by atoms with Gasteiger partial charge >= 0.3 is 0 Å². The number of carbonyl (C=O) groups is 2. The summed E-state index contributed by atoms with van der Waals surface area (Å²) in [5, 5.41) is 2.71. The molecule has 6 heteroatoms. The Morgan fingerprint density at radius 1 is 0.889 bits per heavy atom. The molecule has 2 aromatic carbocycles. The van der Waals surface area contributed by atoms with Crippen LogP contribution in [0.25, 0.3) is 11.1 Å². The molecule has 27 heavy (non-hydrogen) atoms. The Bertz CT molecular complexity index is 800. The summed E-state index contributed by atoms with van der Waals surface area (Å²) in [5.74, 6) is 0.0217. The average molecular weight is 382 g/mol. The molecular weight excluding hydrogens is 358 g/mol. The van der Waals surface area contributed by atoms with Crippen molar-refractivity contribution in [1.82, 2.24) is 16.2 Å². The van der Waals surface area contributed by atoms with E-state index < -0.39 is 0 Å². The van der Waals surface area contributed by atoms with Crippen LogP contribution < -0.4 is 16.2 Å². The van der Waals surface area contributed by atoms with Crippen LogP contribution in [0.1, 0.15) is 42.5 Å². The molecule has 1 saturated carbocycles. The van der Waals surface area contributed by atoms with E-state index in [1.165, 1.54) is 12.8 Å². The average Bonchev–Trinajstić information content (AvgIpc) is 3.19. The predicted octanol–water partition coefficient (Wildman–Crippen LogP) is 3.57. The number of amides is 2. The van der Waals surface area contributed by atoms with Crippen molar-refractivity contribution in [3.63, 3.8) is 0 Å². The Morgan fingerprint density at radius 2 is 1.52 bits per heavy atom. The van der Waals surface area contributed by atoms with Gasteiger partial charge < -0.3 is 5.32 Å². The van der Waals surface area contributed by atoms with Crippen LogP contribution in [-0.4, -0.2) is 16.9 Å². The van der Waals surface area contributed by atoms with E-state index in [0.717, 1.165) is 24.0 Å². The summed E-state index contributed by atoms with van der Waals surface area (Å²) in [6, 6.07) is 17.2. The molecule has 3 N–H and O–H groups in total. The number of thiocarbonyl (C=S) groups is 1. The quantitative estimate of drug-likeness (QED) is 0.559. The first-order chi connectivity index (χ1) is 13.1. The van der Waals surface area contributed by atoms with Gasteiger partial charge in [0.05, 0.1) is 0 Å². The number of hydrogen-bond acceptors (Lipinski definition) is 3. The molecule has 1 aliphatic carbocycles. The van der Waals surface area contributed by atoms with Gasteiger partial charge in [0.25, 0.3) is 5.91 Å². The Balaban J connectivity index is 1.45. The van der Waals surface area contributed by atoms with Gasteiger partial charge in [0, 0.05) is 12.0 Å². The van der Waals surface area contributed by atoms with Crippen LogP contribution in [0.4, 0.5) is 0 Å². The third kappa shape index (κ3) is 5.62. The second-order valence-electron chi connectivity index (χ2n) is 6.75. The predicted molar refractivity (Wildman–Crippen MR) is 110 cm³/mol. The molecule has 0 bridgehead atoms. The van der Waals surface area contributed by atoms with Crippen LogP contribution in [0.3, 0.4) is 0 Å². The molecule has 0 aromatic heterocycles. The zero-order chi connectivity index (χ0) is 19.1. The fraction of sp³-hybridized carbons (Fsp3) is 0.286. The maximum Gasteiger partial charge on any atom is 0.269 e. The summed E-state index contributed by atoms with van der Waals surface area (Å²) in [5.41, 5.74) is 7.73. The minimum atomic E-state index is -0.318. The highest BCUT2D eigenvalue weighted by molar-refractivity contribution is 7.80. The molecule has 0 heterocycles. The number of rotatable bonds is 4. The molecule has 140 valence electrons. The first-order valence-electron chi connectivity index (χ1n) is 9.17. The van der Waals surface area contributed by atoms with Crippen molar-refractivity contribution in [3.05, 3.63) is 60.2 Å². The van der Waals surface area contributed by atoms with Gasteiger partial charge in [0.15, 0.2) is 5.11 Å². The van der Waals surface area contributed by atoms with E-state index in [1.807, 2.05) is 42.5 Å². The van der Waals surface area contributed by atoms with Gasteiger partial charge in [-0.3, -0.25) is 20.4 Å². The molecule has 0 radical (unpaired) electrons. The third-order valence-corrected chi connectivity index (χ3v) is 4.95. The summed E-state index contributed by atoms with van der Waals surface area (Å²) < 4.78 is 0. The topological polar surface area (TPSA) is 70.2 Å². The van der Waals surface area contributed by atoms with E-state index in [1.54, 1.807) is 12.1 Å². The molecule has 0 atom stereocenters. The summed E-state index contributed by atoms with van der Waals surface area (Å²) in [4.78, 5) is 24.2. The third-order valence-electron chi connectivity index (χ3n) is 4.75. The maximum atomic E-state index is 12.2. The Morgan fingerprint density at radius 3 is 2.19 bits per heavy atom. The molecule has 3 rings (SSSR count). The zero-order valence-corrected chi connectivity index (χ0v) is 15.9. The molecule has 0 unspecified atom stereocenters. The van der Waals surface area contributed by atoms with Crippen molar-refractivity contribution in [2.75, 3.05) is 0 Å². The lowest BCUT2D eigenvalue weighted by Crippen LogP contribution is -2.48. The number of nitrogens with one attached hydrogen (secondary N) is 3. The lowest BCUT2D eigenvalue weighted by molar-refractivity contribution is -0.120. The molecule has 1 fully saturated rings. The number of benzene rings is 2. The summed E-state index contributed by atoms with van der Waals surface area (Å²) >= 11 is 5.07. The largest absolute Gasteiger partial charge is 0.302 e. The number of hydrazine groups is 1. The Kier molecular flexibility index (Phi) is 6.54. The summed E-state index contributed by atoms with van der Waals surface area (Å²) in [6.45, 7) is 0. The molecule has 1 aliphatic rings. The van der Waals surface area contributed by atoms with E-state index in [2.05, 4.69) is 16.2 Å². The zero-order valence-electron chi connectivity index (χ0n) is 15.0. The molecule has 0 aliphatic heterocycles. The van der Waals surface area contributed by atoms with Gasteiger partial charge in [-0.15, -0.1) is 0 Å². The SMILES string of the molecule is O=C(CC1CCCC1)NC(=S)NNC(=O)c1ccc(-c2ccccc2)cc1. The molecule has 0 saturated heterocycles.